The molecule has 0 saturated carbocycles. The molecule has 1 N–H and O–H groups in total. The monoisotopic (exact) mass is 414 g/mol. The van der Waals surface area contributed by atoms with Crippen LogP contribution in [0, 0.1) is 11.3 Å². The van der Waals surface area contributed by atoms with Gasteiger partial charge in [0, 0.05) is 54.7 Å². The molecule has 5 nitrogen and oxygen atoms in total. The van der Waals surface area contributed by atoms with Crippen LogP contribution in [0.15, 0.2) is 24.3 Å². The summed E-state index contributed by atoms with van der Waals surface area (Å²) in [5, 5.41) is 13.9. The lowest BCUT2D eigenvalue weighted by atomic mass is 10.1. The van der Waals surface area contributed by atoms with Crippen LogP contribution in [0.4, 0.5) is 10.7 Å². The average Bonchev–Trinajstić information content (AvgIpc) is 3.27. The summed E-state index contributed by atoms with van der Waals surface area (Å²) in [6.07, 6.45) is 3.55. The van der Waals surface area contributed by atoms with E-state index in [1.165, 1.54) is 4.88 Å². The minimum Gasteiger partial charge on any atom is -0.369 e. The fourth-order valence-corrected chi connectivity index (χ4v) is 5.40. The summed E-state index contributed by atoms with van der Waals surface area (Å²) in [4.78, 5) is 18.3. The molecule has 1 aliphatic heterocycles. The predicted octanol–water partition coefficient (Wildman–Crippen LogP) is 3.91. The molecule has 1 fully saturated rings. The van der Waals surface area contributed by atoms with E-state index in [1.54, 1.807) is 11.3 Å². The number of benzene rings is 1. The van der Waals surface area contributed by atoms with E-state index in [-0.39, 0.29) is 5.91 Å². The standard InChI is InChI=1S/C21H23ClN4OS/c22-15-3-1-4-16(13-15)26-11-9-25(10-12-26)8-7-20(27)24-21-18(14-23)17-5-2-6-19(17)28-21/h1,3-4,13H,2,5-12H2,(H,24,27). The number of nitrogens with one attached hydrogen (secondary N) is 1. The maximum Gasteiger partial charge on any atom is 0.226 e. The Balaban J connectivity index is 1.26. The highest BCUT2D eigenvalue weighted by molar-refractivity contribution is 7.16. The van der Waals surface area contributed by atoms with Gasteiger partial charge < -0.3 is 10.2 Å². The van der Waals surface area contributed by atoms with Crippen molar-refractivity contribution >= 4 is 39.5 Å². The number of hydrogen-bond acceptors (Lipinski definition) is 5. The first kappa shape index (κ1) is 19.3. The number of amides is 1. The molecule has 4 rings (SSSR count). The SMILES string of the molecule is N#Cc1c(NC(=O)CCN2CCN(c3cccc(Cl)c3)CC2)sc2c1CCC2. The number of aryl methyl sites for hydroxylation is 1. The Morgan fingerprint density at radius 1 is 1.25 bits per heavy atom. The summed E-state index contributed by atoms with van der Waals surface area (Å²) in [6.45, 7) is 4.45. The van der Waals surface area contributed by atoms with E-state index >= 15 is 0 Å². The lowest BCUT2D eigenvalue weighted by molar-refractivity contribution is -0.116. The molecule has 1 saturated heterocycles. The highest BCUT2D eigenvalue weighted by atomic mass is 35.5. The number of fused-ring (bicyclic) bond motifs is 1. The van der Waals surface area contributed by atoms with Gasteiger partial charge in [-0.2, -0.15) is 5.26 Å². The highest BCUT2D eigenvalue weighted by Gasteiger charge is 2.23. The Bertz CT molecular complexity index is 912. The number of hydrogen-bond donors (Lipinski definition) is 1. The van der Waals surface area contributed by atoms with Crippen LogP contribution in [0.1, 0.15) is 28.8 Å². The van der Waals surface area contributed by atoms with E-state index in [4.69, 9.17) is 11.6 Å². The van der Waals surface area contributed by atoms with E-state index in [2.05, 4.69) is 27.3 Å². The van der Waals surface area contributed by atoms with Gasteiger partial charge in [-0.1, -0.05) is 17.7 Å². The Labute approximate surface area is 174 Å². The second kappa shape index (κ2) is 8.52. The fraction of sp³-hybridized carbons (Fsp3) is 0.429. The molecule has 1 amide bonds. The number of piperazine rings is 1. The zero-order valence-corrected chi connectivity index (χ0v) is 17.3. The van der Waals surface area contributed by atoms with Crippen molar-refractivity contribution in [3.05, 3.63) is 45.3 Å². The molecule has 146 valence electrons. The number of carbonyl (C=O) groups excluding carboxylic acids is 1. The van der Waals surface area contributed by atoms with E-state index in [0.717, 1.165) is 73.3 Å². The van der Waals surface area contributed by atoms with Crippen LogP contribution in [-0.2, 0) is 17.6 Å². The summed E-state index contributed by atoms with van der Waals surface area (Å²) in [5.74, 6) is -0.00584. The van der Waals surface area contributed by atoms with Crippen molar-refractivity contribution in [3.63, 3.8) is 0 Å². The minimum atomic E-state index is -0.00584. The van der Waals surface area contributed by atoms with Gasteiger partial charge in [0.15, 0.2) is 0 Å². The van der Waals surface area contributed by atoms with Gasteiger partial charge in [0.2, 0.25) is 5.91 Å². The normalized spacial score (nSPS) is 16.6. The Morgan fingerprint density at radius 2 is 2.07 bits per heavy atom. The Morgan fingerprint density at radius 3 is 2.82 bits per heavy atom. The quantitative estimate of drug-likeness (QED) is 0.805. The molecule has 7 heteroatoms. The number of thiophene rings is 1. The lowest BCUT2D eigenvalue weighted by Crippen LogP contribution is -2.47. The average molecular weight is 415 g/mol. The summed E-state index contributed by atoms with van der Waals surface area (Å²) in [6, 6.07) is 10.2. The van der Waals surface area contributed by atoms with Crippen LogP contribution in [0.5, 0.6) is 0 Å². The number of nitrogens with zero attached hydrogens (tertiary/aromatic N) is 3. The molecule has 28 heavy (non-hydrogen) atoms. The number of halogens is 1. The van der Waals surface area contributed by atoms with Crippen LogP contribution in [-0.4, -0.2) is 43.5 Å². The molecule has 0 atom stereocenters. The van der Waals surface area contributed by atoms with Crippen molar-refractivity contribution in [2.45, 2.75) is 25.7 Å². The number of anilines is 2. The van der Waals surface area contributed by atoms with Crippen molar-refractivity contribution in [2.24, 2.45) is 0 Å². The first-order chi connectivity index (χ1) is 13.6. The summed E-state index contributed by atoms with van der Waals surface area (Å²) < 4.78 is 0. The fourth-order valence-electron chi connectivity index (χ4n) is 3.96. The number of carbonyl (C=O) groups is 1. The number of nitriles is 1. The molecule has 1 aromatic carbocycles. The predicted molar refractivity (Wildman–Crippen MR) is 114 cm³/mol. The molecule has 0 spiro atoms. The zero-order chi connectivity index (χ0) is 19.5. The van der Waals surface area contributed by atoms with Crippen molar-refractivity contribution in [3.8, 4) is 6.07 Å². The third-order valence-electron chi connectivity index (χ3n) is 5.49. The van der Waals surface area contributed by atoms with Crippen LogP contribution < -0.4 is 10.2 Å². The number of rotatable bonds is 5. The van der Waals surface area contributed by atoms with Gasteiger partial charge in [-0.05, 0) is 43.0 Å². The molecule has 2 aromatic rings. The maximum absolute atomic E-state index is 12.4. The first-order valence-electron chi connectivity index (χ1n) is 9.71. The molecule has 1 aromatic heterocycles. The molecule has 0 unspecified atom stereocenters. The summed E-state index contributed by atoms with van der Waals surface area (Å²) in [5.41, 5.74) is 2.99. The van der Waals surface area contributed by atoms with Gasteiger partial charge in [0.1, 0.15) is 11.1 Å². The van der Waals surface area contributed by atoms with E-state index in [1.807, 2.05) is 18.2 Å². The smallest absolute Gasteiger partial charge is 0.226 e. The van der Waals surface area contributed by atoms with Crippen LogP contribution in [0.25, 0.3) is 0 Å². The molecule has 2 heterocycles. The van der Waals surface area contributed by atoms with E-state index in [0.29, 0.717) is 12.0 Å². The van der Waals surface area contributed by atoms with Crippen molar-refractivity contribution < 1.29 is 4.79 Å². The third-order valence-corrected chi connectivity index (χ3v) is 6.93. The second-order valence-corrected chi connectivity index (χ2v) is 8.82. The second-order valence-electron chi connectivity index (χ2n) is 7.28. The van der Waals surface area contributed by atoms with Crippen LogP contribution in [0.3, 0.4) is 0 Å². The molecule has 2 aliphatic rings. The van der Waals surface area contributed by atoms with Crippen molar-refractivity contribution in [1.82, 2.24) is 4.90 Å². The van der Waals surface area contributed by atoms with Crippen LogP contribution >= 0.6 is 22.9 Å². The highest BCUT2D eigenvalue weighted by Crippen LogP contribution is 2.38. The molecular weight excluding hydrogens is 392 g/mol. The lowest BCUT2D eigenvalue weighted by Gasteiger charge is -2.36. The zero-order valence-electron chi connectivity index (χ0n) is 15.7. The van der Waals surface area contributed by atoms with Gasteiger partial charge in [-0.15, -0.1) is 11.3 Å². The van der Waals surface area contributed by atoms with Gasteiger partial charge >= 0.3 is 0 Å². The molecule has 0 bridgehead atoms. The minimum absolute atomic E-state index is 0.00584. The molecule has 1 aliphatic carbocycles. The molecule has 0 radical (unpaired) electrons. The van der Waals surface area contributed by atoms with E-state index < -0.39 is 0 Å². The Hall–Kier alpha value is -2.07. The van der Waals surface area contributed by atoms with Crippen molar-refractivity contribution in [1.29, 1.82) is 5.26 Å². The van der Waals surface area contributed by atoms with Crippen LogP contribution in [0.2, 0.25) is 5.02 Å². The largest absolute Gasteiger partial charge is 0.369 e. The topological polar surface area (TPSA) is 59.4 Å². The first-order valence-corrected chi connectivity index (χ1v) is 10.9. The van der Waals surface area contributed by atoms with E-state index in [9.17, 15) is 10.1 Å². The van der Waals surface area contributed by atoms with Crippen molar-refractivity contribution in [2.75, 3.05) is 42.9 Å². The molecular formula is C21H23ClN4OS. The van der Waals surface area contributed by atoms with Gasteiger partial charge in [0.05, 0.1) is 5.56 Å². The maximum atomic E-state index is 12.4. The Kier molecular flexibility index (Phi) is 5.86. The van der Waals surface area contributed by atoms with Gasteiger partial charge in [0.25, 0.3) is 0 Å². The summed E-state index contributed by atoms with van der Waals surface area (Å²) in [7, 11) is 0. The van der Waals surface area contributed by atoms with Gasteiger partial charge in [-0.25, -0.2) is 0 Å². The van der Waals surface area contributed by atoms with Gasteiger partial charge in [-0.3, -0.25) is 9.69 Å². The summed E-state index contributed by atoms with van der Waals surface area (Å²) >= 11 is 7.67. The third kappa shape index (κ3) is 4.17.